The number of carboxylic acids is 1. The summed E-state index contributed by atoms with van der Waals surface area (Å²) in [6.45, 7) is 0.294. The fourth-order valence-electron chi connectivity index (χ4n) is 1.85. The maximum atomic E-state index is 13.6. The monoisotopic (exact) mass is 287 g/mol. The summed E-state index contributed by atoms with van der Waals surface area (Å²) in [5.41, 5.74) is -0.282. The fourth-order valence-corrected chi connectivity index (χ4v) is 3.03. The number of rotatable bonds is 5. The van der Waals surface area contributed by atoms with Crippen LogP contribution in [0.2, 0.25) is 0 Å². The zero-order chi connectivity index (χ0) is 14.0. The maximum absolute atomic E-state index is 13.6. The minimum atomic E-state index is -3.92. The molecule has 2 rings (SSSR count). The van der Waals surface area contributed by atoms with Crippen molar-refractivity contribution in [3.8, 4) is 0 Å². The van der Waals surface area contributed by atoms with Crippen molar-refractivity contribution in [2.24, 2.45) is 5.92 Å². The highest BCUT2D eigenvalue weighted by Crippen LogP contribution is 2.26. The quantitative estimate of drug-likeness (QED) is 0.861. The third-order valence-corrected chi connectivity index (χ3v) is 4.71. The van der Waals surface area contributed by atoms with Gasteiger partial charge >= 0.3 is 5.97 Å². The topological polar surface area (TPSA) is 83.5 Å². The summed E-state index contributed by atoms with van der Waals surface area (Å²) in [5, 5.41) is 8.69. The summed E-state index contributed by atoms with van der Waals surface area (Å²) in [6, 6.07) is 2.76. The number of nitrogens with one attached hydrogen (secondary N) is 1. The Morgan fingerprint density at radius 3 is 2.58 bits per heavy atom. The van der Waals surface area contributed by atoms with Gasteiger partial charge in [-0.2, -0.15) is 0 Å². The van der Waals surface area contributed by atoms with Gasteiger partial charge < -0.3 is 5.11 Å². The first-order chi connectivity index (χ1) is 8.90. The summed E-state index contributed by atoms with van der Waals surface area (Å²) in [4.78, 5) is 10.1. The largest absolute Gasteiger partial charge is 0.478 e. The normalized spacial score (nSPS) is 16.1. The van der Waals surface area contributed by atoms with Gasteiger partial charge in [0.15, 0.2) is 0 Å². The number of carboxylic acid groups (broad SMARTS) is 1. The van der Waals surface area contributed by atoms with Crippen molar-refractivity contribution < 1.29 is 22.7 Å². The van der Waals surface area contributed by atoms with E-state index in [9.17, 15) is 17.6 Å². The highest BCUT2D eigenvalue weighted by Gasteiger charge is 2.24. The molecule has 1 saturated carbocycles. The highest BCUT2D eigenvalue weighted by atomic mass is 32.2. The van der Waals surface area contributed by atoms with Crippen LogP contribution in [0.3, 0.4) is 0 Å². The Balaban J connectivity index is 2.17. The Morgan fingerprint density at radius 1 is 1.42 bits per heavy atom. The zero-order valence-electron chi connectivity index (χ0n) is 10.1. The molecule has 19 heavy (non-hydrogen) atoms. The molecule has 0 atom stereocenters. The van der Waals surface area contributed by atoms with Crippen LogP contribution >= 0.6 is 0 Å². The maximum Gasteiger partial charge on any atom is 0.335 e. The summed E-state index contributed by atoms with van der Waals surface area (Å²) in [6.07, 6.45) is 3.04. The molecule has 1 aromatic rings. The summed E-state index contributed by atoms with van der Waals surface area (Å²) < 4.78 is 39.8. The Kier molecular flexibility index (Phi) is 3.86. The molecule has 0 radical (unpaired) electrons. The van der Waals surface area contributed by atoms with Gasteiger partial charge in [0.2, 0.25) is 10.0 Å². The van der Waals surface area contributed by atoms with Crippen molar-refractivity contribution >= 4 is 16.0 Å². The first-order valence-electron chi connectivity index (χ1n) is 5.92. The molecule has 104 valence electrons. The van der Waals surface area contributed by atoms with Crippen LogP contribution in [0.4, 0.5) is 4.39 Å². The molecule has 0 aromatic heterocycles. The first-order valence-corrected chi connectivity index (χ1v) is 7.41. The molecule has 2 N–H and O–H groups in total. The number of hydrogen-bond acceptors (Lipinski definition) is 3. The van der Waals surface area contributed by atoms with Crippen LogP contribution in [0, 0.1) is 11.7 Å². The number of halogens is 1. The minimum Gasteiger partial charge on any atom is -0.478 e. The molecular formula is C12H14FNO4S. The smallest absolute Gasteiger partial charge is 0.335 e. The van der Waals surface area contributed by atoms with Crippen LogP contribution in [0.1, 0.15) is 29.6 Å². The van der Waals surface area contributed by atoms with Crippen molar-refractivity contribution in [3.63, 3.8) is 0 Å². The van der Waals surface area contributed by atoms with E-state index in [0.717, 1.165) is 31.4 Å². The molecule has 5 nitrogen and oxygen atoms in total. The van der Waals surface area contributed by atoms with E-state index in [1.54, 1.807) is 0 Å². The fraction of sp³-hybridized carbons (Fsp3) is 0.417. The van der Waals surface area contributed by atoms with Gasteiger partial charge in [-0.15, -0.1) is 0 Å². The average molecular weight is 287 g/mol. The van der Waals surface area contributed by atoms with Crippen molar-refractivity contribution in [1.82, 2.24) is 4.72 Å². The summed E-state index contributed by atoms with van der Waals surface area (Å²) >= 11 is 0. The minimum absolute atomic E-state index is 0.282. The van der Waals surface area contributed by atoms with Crippen molar-refractivity contribution in [2.45, 2.75) is 24.2 Å². The molecule has 0 unspecified atom stereocenters. The molecule has 1 fully saturated rings. The van der Waals surface area contributed by atoms with Gasteiger partial charge in [0.1, 0.15) is 10.7 Å². The van der Waals surface area contributed by atoms with E-state index in [-0.39, 0.29) is 5.56 Å². The molecule has 0 bridgehead atoms. The van der Waals surface area contributed by atoms with E-state index in [1.165, 1.54) is 0 Å². The van der Waals surface area contributed by atoms with E-state index < -0.39 is 26.7 Å². The first kappa shape index (κ1) is 14.0. The molecule has 1 aromatic carbocycles. The molecule has 7 heteroatoms. The Hall–Kier alpha value is -1.47. The van der Waals surface area contributed by atoms with Crippen LogP contribution in [0.25, 0.3) is 0 Å². The molecule has 0 spiro atoms. The lowest BCUT2D eigenvalue weighted by atomic mass is 9.86. The van der Waals surface area contributed by atoms with Crippen LogP contribution in [-0.4, -0.2) is 26.0 Å². The second-order valence-corrected chi connectivity index (χ2v) is 6.33. The lowest BCUT2D eigenvalue weighted by Gasteiger charge is -2.25. The molecule has 1 aliphatic carbocycles. The highest BCUT2D eigenvalue weighted by molar-refractivity contribution is 7.89. The van der Waals surface area contributed by atoms with Crippen LogP contribution in [0.5, 0.6) is 0 Å². The van der Waals surface area contributed by atoms with Crippen LogP contribution < -0.4 is 4.72 Å². The van der Waals surface area contributed by atoms with Crippen molar-refractivity contribution in [3.05, 3.63) is 29.6 Å². The van der Waals surface area contributed by atoms with Gasteiger partial charge in [-0.25, -0.2) is 22.3 Å². The van der Waals surface area contributed by atoms with Gasteiger partial charge in [-0.1, -0.05) is 6.42 Å². The second kappa shape index (κ2) is 5.26. The lowest BCUT2D eigenvalue weighted by Crippen LogP contribution is -2.32. The van der Waals surface area contributed by atoms with E-state index in [1.807, 2.05) is 0 Å². The molecular weight excluding hydrogens is 273 g/mol. The Bertz CT molecular complexity index is 596. The number of aromatic carboxylic acids is 1. The molecule has 1 aliphatic rings. The van der Waals surface area contributed by atoms with E-state index in [4.69, 9.17) is 5.11 Å². The molecule has 0 saturated heterocycles. The van der Waals surface area contributed by atoms with Crippen molar-refractivity contribution in [2.75, 3.05) is 6.54 Å². The predicted molar refractivity (Wildman–Crippen MR) is 65.9 cm³/mol. The predicted octanol–water partition coefficient (Wildman–Crippen LogP) is 1.60. The molecule has 0 heterocycles. The van der Waals surface area contributed by atoms with E-state index >= 15 is 0 Å². The van der Waals surface area contributed by atoms with Gasteiger partial charge in [0.25, 0.3) is 0 Å². The Morgan fingerprint density at radius 2 is 2.11 bits per heavy atom. The SMILES string of the molecule is O=C(O)c1ccc(S(=O)(=O)NCC2CCC2)c(F)c1. The average Bonchev–Trinajstić information content (AvgIpc) is 2.26. The third-order valence-electron chi connectivity index (χ3n) is 3.26. The van der Waals surface area contributed by atoms with Crippen LogP contribution in [-0.2, 0) is 10.0 Å². The Labute approximate surface area is 110 Å². The lowest BCUT2D eigenvalue weighted by molar-refractivity contribution is 0.0696. The van der Waals surface area contributed by atoms with Crippen molar-refractivity contribution in [1.29, 1.82) is 0 Å². The van der Waals surface area contributed by atoms with Gasteiger partial charge in [-0.3, -0.25) is 0 Å². The zero-order valence-corrected chi connectivity index (χ0v) is 10.9. The second-order valence-electron chi connectivity index (χ2n) is 4.60. The number of benzene rings is 1. The number of sulfonamides is 1. The van der Waals surface area contributed by atoms with Gasteiger partial charge in [0.05, 0.1) is 5.56 Å². The molecule has 0 amide bonds. The molecule has 0 aliphatic heterocycles. The van der Waals surface area contributed by atoms with Gasteiger partial charge in [0, 0.05) is 6.54 Å². The van der Waals surface area contributed by atoms with Crippen LogP contribution in [0.15, 0.2) is 23.1 Å². The standard InChI is InChI=1S/C12H14FNO4S/c13-10-6-9(12(15)16)4-5-11(10)19(17,18)14-7-8-2-1-3-8/h4-6,8,14H,1-3,7H2,(H,15,16). The van der Waals surface area contributed by atoms with E-state index in [2.05, 4.69) is 4.72 Å². The number of carbonyl (C=O) groups is 1. The number of hydrogen-bond donors (Lipinski definition) is 2. The summed E-state index contributed by atoms with van der Waals surface area (Å²) in [5.74, 6) is -2.04. The third kappa shape index (κ3) is 3.10. The van der Waals surface area contributed by atoms with E-state index in [0.29, 0.717) is 18.5 Å². The summed E-state index contributed by atoms with van der Waals surface area (Å²) in [7, 11) is -3.92. The van der Waals surface area contributed by atoms with Gasteiger partial charge in [-0.05, 0) is 37.0 Å².